The van der Waals surface area contributed by atoms with Gasteiger partial charge in [0, 0.05) is 26.7 Å². The summed E-state index contributed by atoms with van der Waals surface area (Å²) in [7, 11) is 1.64. The van der Waals surface area contributed by atoms with Crippen molar-refractivity contribution in [3.8, 4) is 0 Å². The molecule has 0 saturated heterocycles. The van der Waals surface area contributed by atoms with E-state index in [1.165, 1.54) is 0 Å². The van der Waals surface area contributed by atoms with Crippen LogP contribution in [0.1, 0.15) is 27.7 Å². The molecule has 8 heteroatoms. The smallest absolute Gasteiger partial charge is 0.407 e. The van der Waals surface area contributed by atoms with Gasteiger partial charge in [-0.1, -0.05) is 0 Å². The van der Waals surface area contributed by atoms with Gasteiger partial charge in [-0.25, -0.2) is 4.79 Å². The Labute approximate surface area is 144 Å². The van der Waals surface area contributed by atoms with Gasteiger partial charge in [-0.05, 0) is 27.7 Å². The minimum absolute atomic E-state index is 0. The predicted molar refractivity (Wildman–Crippen MR) is 95.5 cm³/mol. The van der Waals surface area contributed by atoms with Crippen LogP contribution in [0.15, 0.2) is 4.99 Å². The molecule has 1 amide bonds. The van der Waals surface area contributed by atoms with Crippen LogP contribution < -0.4 is 16.0 Å². The van der Waals surface area contributed by atoms with Crippen molar-refractivity contribution >= 4 is 36.0 Å². The fourth-order valence-electron chi connectivity index (χ4n) is 1.25. The average Bonchev–Trinajstić information content (AvgIpc) is 2.32. The van der Waals surface area contributed by atoms with Gasteiger partial charge in [-0.2, -0.15) is 0 Å². The first-order valence-corrected chi connectivity index (χ1v) is 6.87. The maximum Gasteiger partial charge on any atom is 0.407 e. The number of carbonyl (C=O) groups is 1. The molecule has 0 aliphatic rings. The van der Waals surface area contributed by atoms with Crippen LogP contribution in [0.5, 0.6) is 0 Å². The molecule has 0 spiro atoms. The Kier molecular flexibility index (Phi) is 13.9. The van der Waals surface area contributed by atoms with Crippen LogP contribution in [-0.4, -0.2) is 57.5 Å². The van der Waals surface area contributed by atoms with Crippen molar-refractivity contribution in [2.45, 2.75) is 33.3 Å². The van der Waals surface area contributed by atoms with E-state index in [0.717, 1.165) is 6.54 Å². The van der Waals surface area contributed by atoms with E-state index in [0.29, 0.717) is 32.2 Å². The fourth-order valence-corrected chi connectivity index (χ4v) is 1.25. The summed E-state index contributed by atoms with van der Waals surface area (Å²) in [6.45, 7) is 10.5. The highest BCUT2D eigenvalue weighted by Gasteiger charge is 2.15. The molecule has 0 aliphatic carbocycles. The highest BCUT2D eigenvalue weighted by atomic mass is 127. The van der Waals surface area contributed by atoms with Crippen LogP contribution in [0.4, 0.5) is 4.79 Å². The highest BCUT2D eigenvalue weighted by molar-refractivity contribution is 14.0. The molecular weight excluding hydrogens is 387 g/mol. The van der Waals surface area contributed by atoms with Gasteiger partial charge < -0.3 is 25.4 Å². The molecule has 0 radical (unpaired) electrons. The van der Waals surface area contributed by atoms with Gasteiger partial charge in [0.1, 0.15) is 5.60 Å². The number of nitrogens with one attached hydrogen (secondary N) is 3. The molecule has 126 valence electrons. The first kappa shape index (κ1) is 22.5. The number of guanidine groups is 1. The van der Waals surface area contributed by atoms with Gasteiger partial charge >= 0.3 is 6.09 Å². The second kappa shape index (κ2) is 12.9. The third-order valence-electron chi connectivity index (χ3n) is 2.00. The molecule has 0 aromatic heterocycles. The van der Waals surface area contributed by atoms with Gasteiger partial charge in [-0.15, -0.1) is 24.0 Å². The molecule has 3 N–H and O–H groups in total. The van der Waals surface area contributed by atoms with Crippen LogP contribution in [0.3, 0.4) is 0 Å². The highest BCUT2D eigenvalue weighted by Crippen LogP contribution is 2.05. The largest absolute Gasteiger partial charge is 0.444 e. The second-order valence-electron chi connectivity index (χ2n) is 5.11. The Balaban J connectivity index is 0. The van der Waals surface area contributed by atoms with Gasteiger partial charge in [0.15, 0.2) is 5.96 Å². The van der Waals surface area contributed by atoms with Gasteiger partial charge in [0.25, 0.3) is 0 Å². The third-order valence-corrected chi connectivity index (χ3v) is 2.00. The molecular formula is C13H29IN4O3. The summed E-state index contributed by atoms with van der Waals surface area (Å²) < 4.78 is 10.1. The van der Waals surface area contributed by atoms with E-state index in [4.69, 9.17) is 9.47 Å². The molecule has 21 heavy (non-hydrogen) atoms. The summed E-state index contributed by atoms with van der Waals surface area (Å²) in [4.78, 5) is 15.7. The topological polar surface area (TPSA) is 84.0 Å². The normalized spacial score (nSPS) is 11.4. The van der Waals surface area contributed by atoms with Crippen LogP contribution in [0, 0.1) is 0 Å². The standard InChI is InChI=1S/C13H28N4O3.HI/c1-6-14-11(16-9-10-19-5)15-7-8-17-12(18)20-13(2,3)4;/h6-10H2,1-5H3,(H,17,18)(H2,14,15,16);1H. The number of aliphatic imine (C=N–C) groups is 1. The zero-order valence-corrected chi connectivity index (χ0v) is 15.9. The van der Waals surface area contributed by atoms with Crippen molar-refractivity contribution < 1.29 is 14.3 Å². The third kappa shape index (κ3) is 15.4. The summed E-state index contributed by atoms with van der Waals surface area (Å²) in [6, 6.07) is 0. The molecule has 0 rings (SSSR count). The molecule has 0 aromatic rings. The maximum absolute atomic E-state index is 11.4. The number of amides is 1. The number of alkyl carbamates (subject to hydrolysis) is 1. The molecule has 0 saturated carbocycles. The quantitative estimate of drug-likeness (QED) is 0.253. The van der Waals surface area contributed by atoms with Crippen molar-refractivity contribution in [2.24, 2.45) is 4.99 Å². The maximum atomic E-state index is 11.4. The van der Waals surface area contributed by atoms with Crippen LogP contribution >= 0.6 is 24.0 Å². The lowest BCUT2D eigenvalue weighted by atomic mass is 10.2. The number of ether oxygens (including phenoxy) is 2. The Hall–Kier alpha value is -0.770. The van der Waals surface area contributed by atoms with E-state index in [1.54, 1.807) is 7.11 Å². The minimum atomic E-state index is -0.478. The second-order valence-corrected chi connectivity index (χ2v) is 5.11. The van der Waals surface area contributed by atoms with E-state index < -0.39 is 11.7 Å². The Morgan fingerprint density at radius 1 is 1.14 bits per heavy atom. The SMILES string of the molecule is CCNC(=NCCOC)NCCNC(=O)OC(C)(C)C.I. The molecule has 0 aromatic carbocycles. The number of carbonyl (C=O) groups excluding carboxylic acids is 1. The van der Waals surface area contributed by atoms with Crippen molar-refractivity contribution in [2.75, 3.05) is 39.9 Å². The number of halogens is 1. The minimum Gasteiger partial charge on any atom is -0.444 e. The van der Waals surface area contributed by atoms with Crippen molar-refractivity contribution in [3.05, 3.63) is 0 Å². The fraction of sp³-hybridized carbons (Fsp3) is 0.846. The van der Waals surface area contributed by atoms with Crippen molar-refractivity contribution in [3.63, 3.8) is 0 Å². The van der Waals surface area contributed by atoms with E-state index in [9.17, 15) is 4.79 Å². The summed E-state index contributed by atoms with van der Waals surface area (Å²) >= 11 is 0. The van der Waals surface area contributed by atoms with E-state index >= 15 is 0 Å². The molecule has 0 atom stereocenters. The monoisotopic (exact) mass is 416 g/mol. The number of nitrogens with zero attached hydrogens (tertiary/aromatic N) is 1. The van der Waals surface area contributed by atoms with Gasteiger partial charge in [-0.3, -0.25) is 4.99 Å². The zero-order chi connectivity index (χ0) is 15.4. The predicted octanol–water partition coefficient (Wildman–Crippen LogP) is 1.33. The van der Waals surface area contributed by atoms with Crippen LogP contribution in [0.25, 0.3) is 0 Å². The summed E-state index contributed by atoms with van der Waals surface area (Å²) in [5.74, 6) is 0.704. The summed E-state index contributed by atoms with van der Waals surface area (Å²) in [5.41, 5.74) is -0.478. The van der Waals surface area contributed by atoms with E-state index in [-0.39, 0.29) is 24.0 Å². The summed E-state index contributed by atoms with van der Waals surface area (Å²) in [5, 5.41) is 8.89. The molecule has 7 nitrogen and oxygen atoms in total. The Morgan fingerprint density at radius 3 is 2.29 bits per heavy atom. The van der Waals surface area contributed by atoms with Crippen molar-refractivity contribution in [1.82, 2.24) is 16.0 Å². The molecule has 0 bridgehead atoms. The van der Waals surface area contributed by atoms with Crippen LogP contribution in [0.2, 0.25) is 0 Å². The number of methoxy groups -OCH3 is 1. The molecule has 0 fully saturated rings. The van der Waals surface area contributed by atoms with E-state index in [1.807, 2.05) is 27.7 Å². The summed E-state index contributed by atoms with van der Waals surface area (Å²) in [6.07, 6.45) is -0.416. The number of hydrogen-bond donors (Lipinski definition) is 3. The average molecular weight is 416 g/mol. The Bertz CT molecular complexity index is 306. The number of rotatable bonds is 7. The molecule has 0 aliphatic heterocycles. The molecule has 0 unspecified atom stereocenters. The van der Waals surface area contributed by atoms with Gasteiger partial charge in [0.05, 0.1) is 13.2 Å². The lowest BCUT2D eigenvalue weighted by Gasteiger charge is -2.19. The first-order chi connectivity index (χ1) is 9.39. The van der Waals surface area contributed by atoms with E-state index in [2.05, 4.69) is 20.9 Å². The zero-order valence-electron chi connectivity index (χ0n) is 13.6. The lowest BCUT2D eigenvalue weighted by Crippen LogP contribution is -2.42. The first-order valence-electron chi connectivity index (χ1n) is 6.87. The Morgan fingerprint density at radius 2 is 1.76 bits per heavy atom. The molecule has 0 heterocycles. The lowest BCUT2D eigenvalue weighted by molar-refractivity contribution is 0.0529. The number of hydrogen-bond acceptors (Lipinski definition) is 4. The van der Waals surface area contributed by atoms with Crippen LogP contribution in [-0.2, 0) is 9.47 Å². The van der Waals surface area contributed by atoms with Gasteiger partial charge in [0.2, 0.25) is 0 Å². The van der Waals surface area contributed by atoms with Crippen molar-refractivity contribution in [1.29, 1.82) is 0 Å².